The SMILES string of the molecule is COc1ccc2c(c1)C[C@H](C(=O)Nc1ccc(-c3cn[nH]c3)cc1OCCO)N(C(=O)OC(C)(C)C)C2. The summed E-state index contributed by atoms with van der Waals surface area (Å²) in [6.07, 6.45) is 3.14. The lowest BCUT2D eigenvalue weighted by Crippen LogP contribution is -2.52. The summed E-state index contributed by atoms with van der Waals surface area (Å²) in [5.41, 5.74) is 3.23. The number of rotatable bonds is 7. The van der Waals surface area contributed by atoms with Gasteiger partial charge >= 0.3 is 6.09 Å². The van der Waals surface area contributed by atoms with Gasteiger partial charge in [-0.25, -0.2) is 4.79 Å². The summed E-state index contributed by atoms with van der Waals surface area (Å²) >= 11 is 0. The van der Waals surface area contributed by atoms with Crippen molar-refractivity contribution in [2.24, 2.45) is 0 Å². The van der Waals surface area contributed by atoms with Crippen LogP contribution in [0.15, 0.2) is 48.8 Å². The molecule has 0 fully saturated rings. The minimum atomic E-state index is -0.825. The molecule has 1 atom stereocenters. The number of carbonyl (C=O) groups is 2. The number of carbonyl (C=O) groups excluding carboxylic acids is 2. The van der Waals surface area contributed by atoms with E-state index >= 15 is 0 Å². The highest BCUT2D eigenvalue weighted by molar-refractivity contribution is 5.98. The van der Waals surface area contributed by atoms with Crippen LogP contribution in [0.1, 0.15) is 31.9 Å². The van der Waals surface area contributed by atoms with Gasteiger partial charge in [0.15, 0.2) is 0 Å². The molecule has 10 heteroatoms. The minimum absolute atomic E-state index is 0.0539. The van der Waals surface area contributed by atoms with Gasteiger partial charge in [0, 0.05) is 18.2 Å². The molecule has 2 amide bonds. The monoisotopic (exact) mass is 508 g/mol. The summed E-state index contributed by atoms with van der Waals surface area (Å²) in [5, 5.41) is 18.9. The van der Waals surface area contributed by atoms with Crippen LogP contribution in [0.3, 0.4) is 0 Å². The Hall–Kier alpha value is -4.05. The molecule has 0 aliphatic carbocycles. The van der Waals surface area contributed by atoms with Gasteiger partial charge in [-0.2, -0.15) is 5.10 Å². The van der Waals surface area contributed by atoms with Crippen LogP contribution in [0.2, 0.25) is 0 Å². The molecule has 1 aliphatic rings. The summed E-state index contributed by atoms with van der Waals surface area (Å²) in [4.78, 5) is 28.2. The number of nitrogens with one attached hydrogen (secondary N) is 2. The van der Waals surface area contributed by atoms with Crippen LogP contribution in [0.5, 0.6) is 11.5 Å². The molecule has 4 rings (SSSR count). The Morgan fingerprint density at radius 1 is 1.16 bits per heavy atom. The highest BCUT2D eigenvalue weighted by Crippen LogP contribution is 2.33. The zero-order valence-corrected chi connectivity index (χ0v) is 21.4. The molecule has 196 valence electrons. The molecule has 0 spiro atoms. The van der Waals surface area contributed by atoms with E-state index in [1.165, 1.54) is 4.90 Å². The van der Waals surface area contributed by atoms with E-state index in [1.807, 2.05) is 24.3 Å². The first kappa shape index (κ1) is 26.0. The molecule has 37 heavy (non-hydrogen) atoms. The van der Waals surface area contributed by atoms with Crippen LogP contribution < -0.4 is 14.8 Å². The predicted molar refractivity (Wildman–Crippen MR) is 137 cm³/mol. The average Bonchev–Trinajstić information content (AvgIpc) is 3.41. The molecule has 0 saturated carbocycles. The molecule has 3 aromatic rings. The van der Waals surface area contributed by atoms with E-state index < -0.39 is 17.7 Å². The first-order valence-corrected chi connectivity index (χ1v) is 12.0. The van der Waals surface area contributed by atoms with Gasteiger partial charge in [-0.1, -0.05) is 12.1 Å². The van der Waals surface area contributed by atoms with E-state index in [1.54, 1.807) is 52.4 Å². The Labute approximate surface area is 215 Å². The number of aromatic amines is 1. The number of hydrogen-bond donors (Lipinski definition) is 3. The van der Waals surface area contributed by atoms with Gasteiger partial charge in [0.1, 0.15) is 29.7 Å². The van der Waals surface area contributed by atoms with Crippen molar-refractivity contribution in [3.63, 3.8) is 0 Å². The second kappa shape index (κ2) is 10.9. The lowest BCUT2D eigenvalue weighted by Gasteiger charge is -2.37. The first-order valence-electron chi connectivity index (χ1n) is 12.0. The number of hydrogen-bond acceptors (Lipinski definition) is 7. The largest absolute Gasteiger partial charge is 0.497 e. The van der Waals surface area contributed by atoms with Gasteiger partial charge in [-0.05, 0) is 61.7 Å². The van der Waals surface area contributed by atoms with Crippen LogP contribution in [0.25, 0.3) is 11.1 Å². The zero-order valence-electron chi connectivity index (χ0n) is 21.4. The van der Waals surface area contributed by atoms with E-state index in [4.69, 9.17) is 14.2 Å². The van der Waals surface area contributed by atoms with Gasteiger partial charge < -0.3 is 24.6 Å². The van der Waals surface area contributed by atoms with Crippen molar-refractivity contribution in [3.8, 4) is 22.6 Å². The van der Waals surface area contributed by atoms with E-state index in [0.717, 1.165) is 22.3 Å². The normalized spacial score (nSPS) is 15.1. The van der Waals surface area contributed by atoms with Crippen molar-refractivity contribution < 1.29 is 28.9 Å². The number of aliphatic hydroxyl groups excluding tert-OH is 1. The minimum Gasteiger partial charge on any atom is -0.497 e. The molecule has 0 saturated heterocycles. The Morgan fingerprint density at radius 2 is 1.97 bits per heavy atom. The lowest BCUT2D eigenvalue weighted by molar-refractivity contribution is -0.121. The number of amides is 2. The van der Waals surface area contributed by atoms with Gasteiger partial charge in [0.2, 0.25) is 5.91 Å². The molecule has 2 aromatic carbocycles. The number of aromatic nitrogens is 2. The van der Waals surface area contributed by atoms with Crippen molar-refractivity contribution in [1.29, 1.82) is 0 Å². The summed E-state index contributed by atoms with van der Waals surface area (Å²) in [7, 11) is 1.59. The van der Waals surface area contributed by atoms with Crippen molar-refractivity contribution in [3.05, 3.63) is 59.9 Å². The summed E-state index contributed by atoms with van der Waals surface area (Å²) in [6, 6.07) is 10.1. The van der Waals surface area contributed by atoms with Gasteiger partial charge in [-0.15, -0.1) is 0 Å². The van der Waals surface area contributed by atoms with Crippen LogP contribution in [-0.4, -0.2) is 64.2 Å². The van der Waals surface area contributed by atoms with Crippen LogP contribution in [0, 0.1) is 0 Å². The number of fused-ring (bicyclic) bond motifs is 1. The molecule has 0 unspecified atom stereocenters. The molecule has 0 radical (unpaired) electrons. The fourth-order valence-corrected chi connectivity index (χ4v) is 4.14. The Kier molecular flexibility index (Phi) is 7.68. The zero-order chi connectivity index (χ0) is 26.6. The van der Waals surface area contributed by atoms with E-state index in [2.05, 4.69) is 15.5 Å². The molecular weight excluding hydrogens is 476 g/mol. The number of ether oxygens (including phenoxy) is 3. The molecular formula is C27H32N4O6. The van der Waals surface area contributed by atoms with Gasteiger partial charge in [0.25, 0.3) is 0 Å². The second-order valence-electron chi connectivity index (χ2n) is 9.72. The molecule has 1 aliphatic heterocycles. The number of methoxy groups -OCH3 is 1. The highest BCUT2D eigenvalue weighted by atomic mass is 16.6. The lowest BCUT2D eigenvalue weighted by atomic mass is 9.93. The van der Waals surface area contributed by atoms with Gasteiger partial charge in [0.05, 0.1) is 32.1 Å². The van der Waals surface area contributed by atoms with Gasteiger partial charge in [-0.3, -0.25) is 14.8 Å². The van der Waals surface area contributed by atoms with Crippen molar-refractivity contribution in [2.45, 2.75) is 45.4 Å². The smallest absolute Gasteiger partial charge is 0.411 e. The molecule has 0 bridgehead atoms. The highest BCUT2D eigenvalue weighted by Gasteiger charge is 2.37. The number of aliphatic hydroxyl groups is 1. The maximum Gasteiger partial charge on any atom is 0.411 e. The fraction of sp³-hybridized carbons (Fsp3) is 0.370. The maximum atomic E-state index is 13.6. The maximum absolute atomic E-state index is 13.6. The Bertz CT molecular complexity index is 1250. The third-order valence-electron chi connectivity index (χ3n) is 5.89. The third kappa shape index (κ3) is 6.21. The quantitative estimate of drug-likeness (QED) is 0.444. The van der Waals surface area contributed by atoms with Crippen LogP contribution in [-0.2, 0) is 22.5 Å². The van der Waals surface area contributed by atoms with Crippen molar-refractivity contribution in [1.82, 2.24) is 15.1 Å². The number of anilines is 1. The summed E-state index contributed by atoms with van der Waals surface area (Å²) in [6.45, 7) is 5.45. The standard InChI is InChI=1S/C27H32N4O6/c1-27(2,3)37-26(34)31-16-18-5-7-21(35-4)11-19(18)12-23(31)25(33)30-22-8-6-17(20-14-28-29-15-20)13-24(22)36-10-9-32/h5-8,11,13-15,23,32H,9-10,12,16H2,1-4H3,(H,28,29)(H,30,33)/t23-/m1/s1. The summed E-state index contributed by atoms with van der Waals surface area (Å²) in [5.74, 6) is 0.685. The van der Waals surface area contributed by atoms with E-state index in [0.29, 0.717) is 17.2 Å². The van der Waals surface area contributed by atoms with E-state index in [-0.39, 0.29) is 32.1 Å². The summed E-state index contributed by atoms with van der Waals surface area (Å²) < 4.78 is 16.7. The third-order valence-corrected chi connectivity index (χ3v) is 5.89. The number of H-pyrrole nitrogens is 1. The van der Waals surface area contributed by atoms with Crippen molar-refractivity contribution >= 4 is 17.7 Å². The van der Waals surface area contributed by atoms with Crippen LogP contribution >= 0.6 is 0 Å². The molecule has 10 nitrogen and oxygen atoms in total. The molecule has 2 heterocycles. The topological polar surface area (TPSA) is 126 Å². The number of nitrogens with zero attached hydrogens (tertiary/aromatic N) is 2. The van der Waals surface area contributed by atoms with Crippen LogP contribution in [0.4, 0.5) is 10.5 Å². The predicted octanol–water partition coefficient (Wildman–Crippen LogP) is 3.76. The van der Waals surface area contributed by atoms with E-state index in [9.17, 15) is 14.7 Å². The van der Waals surface area contributed by atoms with Crippen molar-refractivity contribution in [2.75, 3.05) is 25.6 Å². The fourth-order valence-electron chi connectivity index (χ4n) is 4.14. The number of benzene rings is 2. The second-order valence-corrected chi connectivity index (χ2v) is 9.72. The molecule has 3 N–H and O–H groups in total. The first-order chi connectivity index (χ1) is 17.7. The average molecular weight is 509 g/mol. The molecule has 1 aromatic heterocycles. The Morgan fingerprint density at radius 3 is 2.65 bits per heavy atom. The Balaban J connectivity index is 1.64.